The Labute approximate surface area is 230 Å². The fourth-order valence-electron chi connectivity index (χ4n) is 3.67. The summed E-state index contributed by atoms with van der Waals surface area (Å²) < 4.78 is 16.8. The molecule has 0 saturated heterocycles. The van der Waals surface area contributed by atoms with Crippen molar-refractivity contribution in [3.63, 3.8) is 0 Å². The number of ether oxygens (including phenoxy) is 3. The van der Waals surface area contributed by atoms with E-state index in [1.807, 2.05) is 47.8 Å². The topological polar surface area (TPSA) is 80.3 Å². The molecule has 0 atom stereocenters. The Hall–Kier alpha value is -3.08. The molecule has 3 amide bonds. The third-order valence-electron chi connectivity index (χ3n) is 5.65. The lowest BCUT2D eigenvalue weighted by atomic mass is 10.1. The van der Waals surface area contributed by atoms with Gasteiger partial charge in [-0.2, -0.15) is 0 Å². The highest BCUT2D eigenvalue weighted by atomic mass is 79.9. The van der Waals surface area contributed by atoms with Crippen molar-refractivity contribution < 1.29 is 23.8 Å². The van der Waals surface area contributed by atoms with Crippen molar-refractivity contribution in [3.05, 3.63) is 74.9 Å². The third-order valence-corrected chi connectivity index (χ3v) is 7.01. The number of carbonyl (C=O) groups excluding carboxylic acids is 2. The smallest absolute Gasteiger partial charge is 0.322 e. The van der Waals surface area contributed by atoms with Gasteiger partial charge in [-0.3, -0.25) is 4.79 Å². The number of urea groups is 1. The van der Waals surface area contributed by atoms with Crippen LogP contribution >= 0.6 is 27.3 Å². The van der Waals surface area contributed by atoms with Gasteiger partial charge in [0, 0.05) is 35.2 Å². The van der Waals surface area contributed by atoms with Crippen LogP contribution in [0.5, 0.6) is 11.5 Å². The first-order valence-electron chi connectivity index (χ1n) is 11.7. The van der Waals surface area contributed by atoms with Gasteiger partial charge in [0.25, 0.3) is 0 Å². The summed E-state index contributed by atoms with van der Waals surface area (Å²) in [5.41, 5.74) is 1.66. The Balaban J connectivity index is 1.73. The first-order valence-corrected chi connectivity index (χ1v) is 13.4. The molecule has 0 fully saturated rings. The molecular weight excluding hydrogens is 558 g/mol. The number of anilines is 1. The molecule has 198 valence electrons. The summed E-state index contributed by atoms with van der Waals surface area (Å²) in [6.45, 7) is 1.48. The molecule has 8 nitrogen and oxygen atoms in total. The predicted molar refractivity (Wildman–Crippen MR) is 150 cm³/mol. The van der Waals surface area contributed by atoms with Crippen LogP contribution in [0.4, 0.5) is 10.5 Å². The molecule has 0 saturated carbocycles. The minimum absolute atomic E-state index is 0.0689. The summed E-state index contributed by atoms with van der Waals surface area (Å²) in [5, 5.41) is 4.86. The lowest BCUT2D eigenvalue weighted by molar-refractivity contribution is -0.132. The van der Waals surface area contributed by atoms with Gasteiger partial charge in [0.05, 0.1) is 27.4 Å². The zero-order valence-electron chi connectivity index (χ0n) is 21.2. The van der Waals surface area contributed by atoms with Gasteiger partial charge < -0.3 is 29.3 Å². The van der Waals surface area contributed by atoms with E-state index in [-0.39, 0.29) is 25.0 Å². The molecule has 0 aliphatic rings. The van der Waals surface area contributed by atoms with Gasteiger partial charge in [-0.1, -0.05) is 34.1 Å². The zero-order chi connectivity index (χ0) is 26.6. The number of halogens is 1. The van der Waals surface area contributed by atoms with E-state index in [9.17, 15) is 9.59 Å². The van der Waals surface area contributed by atoms with Crippen LogP contribution in [0.1, 0.15) is 10.4 Å². The summed E-state index contributed by atoms with van der Waals surface area (Å²) >= 11 is 5.01. The lowest BCUT2D eigenvalue weighted by Crippen LogP contribution is -2.46. The number of amides is 3. The number of rotatable bonds is 13. The molecule has 0 aliphatic heterocycles. The highest BCUT2D eigenvalue weighted by molar-refractivity contribution is 9.10. The molecule has 1 heterocycles. The molecule has 0 bridgehead atoms. The van der Waals surface area contributed by atoms with E-state index in [4.69, 9.17) is 14.2 Å². The molecule has 1 aromatic heterocycles. The van der Waals surface area contributed by atoms with Crippen molar-refractivity contribution in [1.82, 2.24) is 9.80 Å². The van der Waals surface area contributed by atoms with Gasteiger partial charge in [-0.15, -0.1) is 11.3 Å². The number of nitrogens with one attached hydrogen (secondary N) is 1. The molecule has 0 aliphatic carbocycles. The Morgan fingerprint density at radius 2 is 1.76 bits per heavy atom. The molecule has 1 N–H and O–H groups in total. The maximum absolute atomic E-state index is 13.5. The number of hydrogen-bond donors (Lipinski definition) is 1. The van der Waals surface area contributed by atoms with Crippen LogP contribution in [0.15, 0.2) is 64.5 Å². The summed E-state index contributed by atoms with van der Waals surface area (Å²) in [7, 11) is 4.77. The van der Waals surface area contributed by atoms with Gasteiger partial charge in [0.2, 0.25) is 5.91 Å². The average molecular weight is 591 g/mol. The second-order valence-corrected chi connectivity index (χ2v) is 10.1. The maximum Gasteiger partial charge on any atom is 0.322 e. The standard InChI is InChI=1S/C27H32BrN3O5S/c1-34-14-13-31(27(33)29-22-7-4-6-21(28)17-22)19-26(32)30(18-23-8-5-15-37-23)12-11-20-9-10-24(35-2)25(16-20)36-3/h4-10,15-17H,11-14,18-19H2,1-3H3,(H,29,33). The highest BCUT2D eigenvalue weighted by Gasteiger charge is 2.22. The Kier molecular flexibility index (Phi) is 11.2. The second kappa shape index (κ2) is 14.6. The van der Waals surface area contributed by atoms with Gasteiger partial charge in [-0.05, 0) is 53.8 Å². The maximum atomic E-state index is 13.5. The Morgan fingerprint density at radius 1 is 0.946 bits per heavy atom. The van der Waals surface area contributed by atoms with Crippen LogP contribution in [0.3, 0.4) is 0 Å². The summed E-state index contributed by atoms with van der Waals surface area (Å²) in [6.07, 6.45) is 0.625. The summed E-state index contributed by atoms with van der Waals surface area (Å²) in [5.74, 6) is 1.16. The van der Waals surface area contributed by atoms with Crippen molar-refractivity contribution in [1.29, 1.82) is 0 Å². The van der Waals surface area contributed by atoms with Crippen LogP contribution in [-0.2, 0) is 22.5 Å². The SMILES string of the molecule is COCCN(CC(=O)N(CCc1ccc(OC)c(OC)c1)Cc1cccs1)C(=O)Nc1cccc(Br)c1. The van der Waals surface area contributed by atoms with Gasteiger partial charge in [0.1, 0.15) is 6.54 Å². The minimum atomic E-state index is -0.362. The van der Waals surface area contributed by atoms with E-state index in [2.05, 4.69) is 21.2 Å². The number of benzene rings is 2. The van der Waals surface area contributed by atoms with E-state index < -0.39 is 0 Å². The first-order chi connectivity index (χ1) is 17.9. The third kappa shape index (κ3) is 8.77. The second-order valence-electron chi connectivity index (χ2n) is 8.19. The van der Waals surface area contributed by atoms with Gasteiger partial charge in [0.15, 0.2) is 11.5 Å². The Morgan fingerprint density at radius 3 is 2.43 bits per heavy atom. The van der Waals surface area contributed by atoms with Crippen molar-refractivity contribution >= 4 is 44.9 Å². The fourth-order valence-corrected chi connectivity index (χ4v) is 4.79. The summed E-state index contributed by atoms with van der Waals surface area (Å²) in [6, 6.07) is 16.7. The van der Waals surface area contributed by atoms with Crippen LogP contribution in [0.2, 0.25) is 0 Å². The molecular formula is C27H32BrN3O5S. The number of carbonyl (C=O) groups is 2. The largest absolute Gasteiger partial charge is 0.493 e. The van der Waals surface area contributed by atoms with Crippen LogP contribution in [-0.4, -0.2) is 69.3 Å². The van der Waals surface area contributed by atoms with E-state index in [0.717, 1.165) is 14.9 Å². The van der Waals surface area contributed by atoms with E-state index in [1.165, 1.54) is 4.90 Å². The van der Waals surface area contributed by atoms with Crippen molar-refractivity contribution in [3.8, 4) is 11.5 Å². The highest BCUT2D eigenvalue weighted by Crippen LogP contribution is 2.28. The van der Waals surface area contributed by atoms with Crippen molar-refractivity contribution in [2.75, 3.05) is 52.9 Å². The quantitative estimate of drug-likeness (QED) is 0.293. The monoisotopic (exact) mass is 589 g/mol. The molecule has 2 aromatic carbocycles. The van der Waals surface area contributed by atoms with Gasteiger partial charge >= 0.3 is 6.03 Å². The summed E-state index contributed by atoms with van der Waals surface area (Å²) in [4.78, 5) is 30.9. The fraction of sp³-hybridized carbons (Fsp3) is 0.333. The van der Waals surface area contributed by atoms with Crippen LogP contribution < -0.4 is 14.8 Å². The number of thiophene rings is 1. The van der Waals surface area contributed by atoms with E-state index in [1.54, 1.807) is 49.7 Å². The molecule has 3 rings (SSSR count). The Bertz CT molecular complexity index is 1160. The van der Waals surface area contributed by atoms with E-state index >= 15 is 0 Å². The minimum Gasteiger partial charge on any atom is -0.493 e. The average Bonchev–Trinajstić information content (AvgIpc) is 3.41. The van der Waals surface area contributed by atoms with Crippen LogP contribution in [0.25, 0.3) is 0 Å². The molecule has 10 heteroatoms. The molecule has 0 spiro atoms. The molecule has 0 unspecified atom stereocenters. The number of hydrogen-bond acceptors (Lipinski definition) is 6. The normalized spacial score (nSPS) is 10.6. The number of nitrogens with zero attached hydrogens (tertiary/aromatic N) is 2. The van der Waals surface area contributed by atoms with Crippen LogP contribution in [0, 0.1) is 0 Å². The zero-order valence-corrected chi connectivity index (χ0v) is 23.6. The lowest BCUT2D eigenvalue weighted by Gasteiger charge is -2.28. The number of methoxy groups -OCH3 is 3. The van der Waals surface area contributed by atoms with Crippen molar-refractivity contribution in [2.24, 2.45) is 0 Å². The van der Waals surface area contributed by atoms with Gasteiger partial charge in [-0.25, -0.2) is 4.79 Å². The first kappa shape index (κ1) is 28.5. The van der Waals surface area contributed by atoms with Crippen molar-refractivity contribution in [2.45, 2.75) is 13.0 Å². The molecule has 37 heavy (non-hydrogen) atoms. The molecule has 0 radical (unpaired) electrons. The predicted octanol–water partition coefficient (Wildman–Crippen LogP) is 5.28. The molecule has 3 aromatic rings. The van der Waals surface area contributed by atoms with E-state index in [0.29, 0.717) is 43.3 Å².